The van der Waals surface area contributed by atoms with Gasteiger partial charge >= 0.3 is 0 Å². The molecule has 0 radical (unpaired) electrons. The van der Waals surface area contributed by atoms with E-state index in [0.717, 1.165) is 13.1 Å². The summed E-state index contributed by atoms with van der Waals surface area (Å²) in [5.74, 6) is 1.21. The van der Waals surface area contributed by atoms with Crippen molar-refractivity contribution in [3.05, 3.63) is 42.0 Å². The number of hydrogen-bond acceptors (Lipinski definition) is 2. The summed E-state index contributed by atoms with van der Waals surface area (Å²) in [6.45, 7) is 6.57. The van der Waals surface area contributed by atoms with Gasteiger partial charge in [-0.25, -0.2) is 0 Å². The molecule has 0 aliphatic carbocycles. The minimum absolute atomic E-state index is 0.0362. The van der Waals surface area contributed by atoms with Crippen LogP contribution in [0.15, 0.2) is 36.4 Å². The van der Waals surface area contributed by atoms with E-state index in [9.17, 15) is 0 Å². The van der Waals surface area contributed by atoms with Crippen molar-refractivity contribution < 1.29 is 4.74 Å². The lowest BCUT2D eigenvalue weighted by molar-refractivity contribution is 0.0245. The molecule has 3 heteroatoms. The van der Waals surface area contributed by atoms with E-state index in [0.29, 0.717) is 11.8 Å². The van der Waals surface area contributed by atoms with Gasteiger partial charge in [0.15, 0.2) is 0 Å². The van der Waals surface area contributed by atoms with Gasteiger partial charge in [-0.05, 0) is 47.7 Å². The third-order valence-corrected chi connectivity index (χ3v) is 6.61. The summed E-state index contributed by atoms with van der Waals surface area (Å²) < 4.78 is 6.34. The number of nitrogens with zero attached hydrogens (tertiary/aromatic N) is 1. The van der Waals surface area contributed by atoms with Crippen LogP contribution < -0.4 is 4.90 Å². The van der Waals surface area contributed by atoms with Crippen molar-refractivity contribution in [3.8, 4) is 0 Å². The number of hydrogen-bond donors (Lipinski definition) is 0. The molecule has 1 aromatic carbocycles. The van der Waals surface area contributed by atoms with Crippen LogP contribution in [0.1, 0.15) is 12.5 Å². The smallest absolute Gasteiger partial charge is 0.141 e. The van der Waals surface area contributed by atoms with Crippen molar-refractivity contribution in [2.24, 2.45) is 11.8 Å². The second-order valence-corrected chi connectivity index (χ2v) is 7.89. The standard InChI is InChI=1S/C16H18INO/c1-11-3-5-13(6-4-11)18-9-14-12(2)16(17)8-7-15(14,10-18)19-16/h3-8,12,14H,9-10H2,1-2H3/t12-,14-,15-,16-/m1/s1. The number of halogens is 1. The minimum atomic E-state index is -0.0538. The first-order valence-corrected chi connectivity index (χ1v) is 8.01. The van der Waals surface area contributed by atoms with E-state index in [4.69, 9.17) is 4.74 Å². The molecule has 0 unspecified atom stereocenters. The summed E-state index contributed by atoms with van der Waals surface area (Å²) >= 11 is 2.48. The highest BCUT2D eigenvalue weighted by atomic mass is 127. The van der Waals surface area contributed by atoms with Crippen LogP contribution in [-0.4, -0.2) is 22.3 Å². The van der Waals surface area contributed by atoms with Gasteiger partial charge in [0.05, 0.1) is 6.54 Å². The third-order valence-electron chi connectivity index (χ3n) is 5.05. The minimum Gasteiger partial charge on any atom is -0.368 e. The lowest BCUT2D eigenvalue weighted by atomic mass is 9.79. The predicted octanol–water partition coefficient (Wildman–Crippen LogP) is 3.54. The van der Waals surface area contributed by atoms with E-state index in [-0.39, 0.29) is 9.21 Å². The van der Waals surface area contributed by atoms with Crippen molar-refractivity contribution in [3.63, 3.8) is 0 Å². The van der Waals surface area contributed by atoms with Gasteiger partial charge in [-0.3, -0.25) is 0 Å². The maximum Gasteiger partial charge on any atom is 0.141 e. The van der Waals surface area contributed by atoms with Crippen molar-refractivity contribution >= 4 is 28.3 Å². The van der Waals surface area contributed by atoms with Crippen LogP contribution in [0.25, 0.3) is 0 Å². The number of alkyl halides is 1. The van der Waals surface area contributed by atoms with Crippen molar-refractivity contribution in [1.82, 2.24) is 0 Å². The predicted molar refractivity (Wildman–Crippen MR) is 85.8 cm³/mol. The van der Waals surface area contributed by atoms with Crippen LogP contribution in [-0.2, 0) is 4.74 Å². The number of ether oxygens (including phenoxy) is 1. The van der Waals surface area contributed by atoms with E-state index >= 15 is 0 Å². The molecule has 19 heavy (non-hydrogen) atoms. The number of rotatable bonds is 1. The molecular weight excluding hydrogens is 349 g/mol. The molecule has 0 saturated carbocycles. The summed E-state index contributed by atoms with van der Waals surface area (Å²) in [5, 5.41) is 0. The van der Waals surface area contributed by atoms with Gasteiger partial charge in [0.1, 0.15) is 9.21 Å². The highest BCUT2D eigenvalue weighted by Gasteiger charge is 2.64. The molecule has 1 spiro atoms. The van der Waals surface area contributed by atoms with Gasteiger partial charge in [-0.2, -0.15) is 0 Å². The first kappa shape index (κ1) is 12.2. The fourth-order valence-corrected chi connectivity index (χ4v) is 4.85. The molecule has 3 aliphatic heterocycles. The molecule has 0 amide bonds. The first-order valence-electron chi connectivity index (χ1n) is 6.94. The second kappa shape index (κ2) is 3.76. The molecule has 3 aliphatic rings. The molecular formula is C16H18INO. The van der Waals surface area contributed by atoms with E-state index in [1.54, 1.807) is 0 Å². The Labute approximate surface area is 128 Å². The zero-order valence-electron chi connectivity index (χ0n) is 11.3. The molecule has 2 saturated heterocycles. The monoisotopic (exact) mass is 367 g/mol. The number of aryl methyl sites for hydroxylation is 1. The Morgan fingerprint density at radius 2 is 2.00 bits per heavy atom. The summed E-state index contributed by atoms with van der Waals surface area (Å²) in [5.41, 5.74) is 2.60. The van der Waals surface area contributed by atoms with Gasteiger partial charge in [0.25, 0.3) is 0 Å². The summed E-state index contributed by atoms with van der Waals surface area (Å²) in [7, 11) is 0. The van der Waals surface area contributed by atoms with Crippen molar-refractivity contribution in [1.29, 1.82) is 0 Å². The van der Waals surface area contributed by atoms with Gasteiger partial charge in [-0.1, -0.05) is 30.7 Å². The van der Waals surface area contributed by atoms with Gasteiger partial charge in [0, 0.05) is 24.1 Å². The highest BCUT2D eigenvalue weighted by Crippen LogP contribution is 2.59. The van der Waals surface area contributed by atoms with Crippen LogP contribution in [0.2, 0.25) is 0 Å². The van der Waals surface area contributed by atoms with Crippen molar-refractivity contribution in [2.45, 2.75) is 23.1 Å². The largest absolute Gasteiger partial charge is 0.368 e. The Hall–Kier alpha value is -0.550. The Balaban J connectivity index is 1.65. The molecule has 2 bridgehead atoms. The van der Waals surface area contributed by atoms with Gasteiger partial charge < -0.3 is 9.64 Å². The van der Waals surface area contributed by atoms with Crippen LogP contribution >= 0.6 is 22.6 Å². The first-order chi connectivity index (χ1) is 9.02. The highest BCUT2D eigenvalue weighted by molar-refractivity contribution is 14.1. The second-order valence-electron chi connectivity index (χ2n) is 6.20. The van der Waals surface area contributed by atoms with E-state index in [1.165, 1.54) is 11.3 Å². The van der Waals surface area contributed by atoms with Crippen LogP contribution in [0, 0.1) is 18.8 Å². The average Bonchev–Trinajstić information content (AvgIpc) is 2.97. The molecule has 3 heterocycles. The summed E-state index contributed by atoms with van der Waals surface area (Å²) in [4.78, 5) is 2.48. The molecule has 0 N–H and O–H groups in total. The Bertz CT molecular complexity index is 554. The lowest BCUT2D eigenvalue weighted by Gasteiger charge is -2.26. The quantitative estimate of drug-likeness (QED) is 0.428. The maximum atomic E-state index is 6.39. The van der Waals surface area contributed by atoms with Crippen LogP contribution in [0.3, 0.4) is 0 Å². The van der Waals surface area contributed by atoms with Gasteiger partial charge in [-0.15, -0.1) is 0 Å². The Morgan fingerprint density at radius 3 is 2.68 bits per heavy atom. The fraction of sp³-hybridized carbons (Fsp3) is 0.500. The SMILES string of the molecule is Cc1ccc(N2C[C@@H]3[C@@H](C)[C@@]4(I)C=C[C@]3(C2)O4)cc1. The molecule has 0 aromatic heterocycles. The summed E-state index contributed by atoms with van der Waals surface area (Å²) in [6.07, 6.45) is 4.59. The van der Waals surface area contributed by atoms with E-state index in [2.05, 4.69) is 77.8 Å². The molecule has 2 nitrogen and oxygen atoms in total. The Morgan fingerprint density at radius 1 is 1.26 bits per heavy atom. The molecule has 2 fully saturated rings. The average molecular weight is 367 g/mol. The zero-order chi connectivity index (χ0) is 13.3. The van der Waals surface area contributed by atoms with Crippen LogP contribution in [0.5, 0.6) is 0 Å². The Kier molecular flexibility index (Phi) is 2.41. The molecule has 100 valence electrons. The van der Waals surface area contributed by atoms with Crippen molar-refractivity contribution in [2.75, 3.05) is 18.0 Å². The fourth-order valence-electron chi connectivity index (χ4n) is 3.82. The molecule has 4 rings (SSSR count). The van der Waals surface area contributed by atoms with E-state index in [1.807, 2.05) is 0 Å². The molecule has 1 aromatic rings. The maximum absolute atomic E-state index is 6.39. The van der Waals surface area contributed by atoms with Gasteiger partial charge in [0.2, 0.25) is 0 Å². The summed E-state index contributed by atoms with van der Waals surface area (Å²) in [6, 6.07) is 8.85. The number of anilines is 1. The normalized spacial score (nSPS) is 43.0. The third kappa shape index (κ3) is 1.57. The zero-order valence-corrected chi connectivity index (χ0v) is 13.4. The van der Waals surface area contributed by atoms with Crippen LogP contribution in [0.4, 0.5) is 5.69 Å². The molecule has 4 atom stereocenters. The topological polar surface area (TPSA) is 12.5 Å². The van der Waals surface area contributed by atoms with E-state index < -0.39 is 0 Å². The lowest BCUT2D eigenvalue weighted by Crippen LogP contribution is -2.34. The number of benzene rings is 1. The number of fused-ring (bicyclic) bond motifs is 1.